The van der Waals surface area contributed by atoms with E-state index in [1.54, 1.807) is 42.1 Å². The fourth-order valence-electron chi connectivity index (χ4n) is 1.83. The summed E-state index contributed by atoms with van der Waals surface area (Å²) in [4.78, 5) is 16.0. The van der Waals surface area contributed by atoms with Crippen molar-refractivity contribution in [2.45, 2.75) is 6.92 Å². The van der Waals surface area contributed by atoms with Crippen molar-refractivity contribution in [3.8, 4) is 0 Å². The van der Waals surface area contributed by atoms with Gasteiger partial charge >= 0.3 is 0 Å². The average Bonchev–Trinajstić information content (AvgIpc) is 2.49. The summed E-state index contributed by atoms with van der Waals surface area (Å²) in [5.41, 5.74) is 2.80. The summed E-state index contributed by atoms with van der Waals surface area (Å²) in [5.74, 6) is 6.03. The quantitative estimate of drug-likeness (QED) is 0.638. The maximum absolute atomic E-state index is 14.0. The van der Waals surface area contributed by atoms with E-state index in [1.807, 2.05) is 6.92 Å². The van der Waals surface area contributed by atoms with Crippen LogP contribution in [0, 0.1) is 5.82 Å². The van der Waals surface area contributed by atoms with Crippen LogP contribution in [-0.2, 0) is 0 Å². The lowest BCUT2D eigenvalue weighted by Crippen LogP contribution is -2.24. The van der Waals surface area contributed by atoms with E-state index < -0.39 is 0 Å². The molecule has 0 saturated heterocycles. The lowest BCUT2D eigenvalue weighted by atomic mass is 10.3. The number of nitrogens with zero attached hydrogens (tertiary/aromatic N) is 5. The topological polar surface area (TPSA) is 83.2 Å². The third-order valence-electron chi connectivity index (χ3n) is 2.84. The second kappa shape index (κ2) is 6.31. The Morgan fingerprint density at radius 1 is 1.14 bits per heavy atom. The highest BCUT2D eigenvalue weighted by molar-refractivity contribution is 5.59. The van der Waals surface area contributed by atoms with E-state index in [0.29, 0.717) is 24.1 Å². The molecule has 8 heteroatoms. The number of aromatic nitrogens is 3. The van der Waals surface area contributed by atoms with Gasteiger partial charge in [0.2, 0.25) is 17.8 Å². The van der Waals surface area contributed by atoms with E-state index in [1.165, 1.54) is 6.07 Å². The van der Waals surface area contributed by atoms with Crippen molar-refractivity contribution in [3.05, 3.63) is 30.1 Å². The van der Waals surface area contributed by atoms with Gasteiger partial charge in [0.25, 0.3) is 0 Å². The molecule has 1 heterocycles. The molecule has 0 atom stereocenters. The summed E-state index contributed by atoms with van der Waals surface area (Å²) in [5, 5.41) is 0. The molecule has 21 heavy (non-hydrogen) atoms. The second-order valence-electron chi connectivity index (χ2n) is 4.49. The van der Waals surface area contributed by atoms with Gasteiger partial charge in [-0.1, -0.05) is 12.1 Å². The normalized spacial score (nSPS) is 10.3. The molecule has 112 valence electrons. The first-order chi connectivity index (χ1) is 10.1. The molecule has 2 aromatic rings. The predicted octanol–water partition coefficient (Wildman–Crippen LogP) is 1.52. The van der Waals surface area contributed by atoms with Crippen LogP contribution in [-0.4, -0.2) is 35.6 Å². The van der Waals surface area contributed by atoms with Gasteiger partial charge in [0.1, 0.15) is 5.82 Å². The number of nitrogens with two attached hydrogens (primary N) is 1. The number of nitrogens with one attached hydrogen (secondary N) is 1. The first kappa shape index (κ1) is 14.9. The zero-order chi connectivity index (χ0) is 15.4. The standard InChI is InChI=1S/C13H18FN7/c1-4-21(10-8-6-5-7-9(10)14)13-17-11(19-15)16-12(18-13)20(2)3/h5-8H,4,15H2,1-3H3,(H,16,17,18,19). The number of nitrogen functional groups attached to an aromatic ring is 1. The third kappa shape index (κ3) is 3.16. The van der Waals surface area contributed by atoms with Crippen molar-refractivity contribution in [2.75, 3.05) is 35.9 Å². The SMILES string of the molecule is CCN(c1nc(NN)nc(N(C)C)n1)c1ccccc1F. The molecule has 0 saturated carbocycles. The van der Waals surface area contributed by atoms with Gasteiger partial charge in [-0.05, 0) is 19.1 Å². The molecular weight excluding hydrogens is 273 g/mol. The van der Waals surface area contributed by atoms with E-state index in [-0.39, 0.29) is 11.8 Å². The van der Waals surface area contributed by atoms with Crippen LogP contribution in [0.25, 0.3) is 0 Å². The highest BCUT2D eigenvalue weighted by atomic mass is 19.1. The molecule has 0 unspecified atom stereocenters. The molecule has 0 bridgehead atoms. The lowest BCUT2D eigenvalue weighted by molar-refractivity contribution is 0.624. The molecule has 7 nitrogen and oxygen atoms in total. The number of hydrogen-bond acceptors (Lipinski definition) is 7. The van der Waals surface area contributed by atoms with Crippen molar-refractivity contribution in [3.63, 3.8) is 0 Å². The van der Waals surface area contributed by atoms with E-state index in [0.717, 1.165) is 0 Å². The van der Waals surface area contributed by atoms with Crippen molar-refractivity contribution in [2.24, 2.45) is 5.84 Å². The van der Waals surface area contributed by atoms with Crippen LogP contribution >= 0.6 is 0 Å². The van der Waals surface area contributed by atoms with Crippen LogP contribution in [0.3, 0.4) is 0 Å². The summed E-state index contributed by atoms with van der Waals surface area (Å²) in [6.07, 6.45) is 0. The lowest BCUT2D eigenvalue weighted by Gasteiger charge is -2.23. The fourth-order valence-corrected chi connectivity index (χ4v) is 1.83. The minimum atomic E-state index is -0.339. The van der Waals surface area contributed by atoms with Gasteiger partial charge < -0.3 is 9.80 Å². The first-order valence-electron chi connectivity index (χ1n) is 6.49. The van der Waals surface area contributed by atoms with Crippen LogP contribution < -0.4 is 21.1 Å². The fraction of sp³-hybridized carbons (Fsp3) is 0.308. The van der Waals surface area contributed by atoms with Gasteiger partial charge in [-0.3, -0.25) is 5.43 Å². The van der Waals surface area contributed by atoms with E-state index in [4.69, 9.17) is 5.84 Å². The molecule has 0 fully saturated rings. The van der Waals surface area contributed by atoms with Crippen molar-refractivity contribution < 1.29 is 4.39 Å². The largest absolute Gasteiger partial charge is 0.347 e. The molecular formula is C13H18FN7. The Balaban J connectivity index is 2.52. The molecule has 0 amide bonds. The molecule has 0 aliphatic rings. The Kier molecular flexibility index (Phi) is 4.49. The smallest absolute Gasteiger partial charge is 0.243 e. The summed E-state index contributed by atoms with van der Waals surface area (Å²) in [6.45, 7) is 2.39. The van der Waals surface area contributed by atoms with Crippen LogP contribution in [0.5, 0.6) is 0 Å². The maximum Gasteiger partial charge on any atom is 0.243 e. The van der Waals surface area contributed by atoms with Gasteiger partial charge in [-0.15, -0.1) is 0 Å². The zero-order valence-electron chi connectivity index (χ0n) is 12.2. The average molecular weight is 291 g/mol. The zero-order valence-corrected chi connectivity index (χ0v) is 12.2. The third-order valence-corrected chi connectivity index (χ3v) is 2.84. The summed E-state index contributed by atoms with van der Waals surface area (Å²) in [7, 11) is 3.61. The predicted molar refractivity (Wildman–Crippen MR) is 81.0 cm³/mol. The number of hydrazine groups is 1. The summed E-state index contributed by atoms with van der Waals surface area (Å²) >= 11 is 0. The summed E-state index contributed by atoms with van der Waals surface area (Å²) in [6, 6.07) is 6.47. The van der Waals surface area contributed by atoms with Gasteiger partial charge in [0.05, 0.1) is 5.69 Å². The molecule has 0 spiro atoms. The number of halogens is 1. The van der Waals surface area contributed by atoms with E-state index in [2.05, 4.69) is 20.4 Å². The van der Waals surface area contributed by atoms with Crippen LogP contribution in [0.15, 0.2) is 24.3 Å². The van der Waals surface area contributed by atoms with Gasteiger partial charge in [-0.25, -0.2) is 10.2 Å². The second-order valence-corrected chi connectivity index (χ2v) is 4.49. The molecule has 3 N–H and O–H groups in total. The van der Waals surface area contributed by atoms with Crippen molar-refractivity contribution in [1.29, 1.82) is 0 Å². The van der Waals surface area contributed by atoms with Crippen LogP contribution in [0.2, 0.25) is 0 Å². The Labute approximate surface area is 122 Å². The Bertz CT molecular complexity index is 617. The Hall–Kier alpha value is -2.48. The van der Waals surface area contributed by atoms with Gasteiger partial charge in [-0.2, -0.15) is 15.0 Å². The monoisotopic (exact) mass is 291 g/mol. The van der Waals surface area contributed by atoms with Crippen molar-refractivity contribution in [1.82, 2.24) is 15.0 Å². The first-order valence-corrected chi connectivity index (χ1v) is 6.49. The highest BCUT2D eigenvalue weighted by Crippen LogP contribution is 2.26. The minimum absolute atomic E-state index is 0.221. The molecule has 0 aliphatic carbocycles. The summed E-state index contributed by atoms with van der Waals surface area (Å²) < 4.78 is 14.0. The van der Waals surface area contributed by atoms with Crippen LogP contribution in [0.4, 0.5) is 27.9 Å². The molecule has 1 aromatic heterocycles. The highest BCUT2D eigenvalue weighted by Gasteiger charge is 2.17. The Morgan fingerprint density at radius 3 is 2.38 bits per heavy atom. The van der Waals surface area contributed by atoms with E-state index >= 15 is 0 Å². The van der Waals surface area contributed by atoms with Crippen molar-refractivity contribution >= 4 is 23.5 Å². The number of para-hydroxylation sites is 1. The van der Waals surface area contributed by atoms with Crippen LogP contribution in [0.1, 0.15) is 6.92 Å². The van der Waals surface area contributed by atoms with Gasteiger partial charge in [0.15, 0.2) is 0 Å². The van der Waals surface area contributed by atoms with E-state index in [9.17, 15) is 4.39 Å². The molecule has 0 aliphatic heterocycles. The Morgan fingerprint density at radius 2 is 1.81 bits per heavy atom. The maximum atomic E-state index is 14.0. The molecule has 0 radical (unpaired) electrons. The number of hydrogen-bond donors (Lipinski definition) is 2. The molecule has 2 rings (SSSR count). The van der Waals surface area contributed by atoms with Gasteiger partial charge in [0, 0.05) is 20.6 Å². The number of rotatable bonds is 5. The molecule has 1 aromatic carbocycles. The minimum Gasteiger partial charge on any atom is -0.347 e. The number of benzene rings is 1. The number of anilines is 4.